The van der Waals surface area contributed by atoms with Crippen LogP contribution in [0.1, 0.15) is 35.7 Å². The first kappa shape index (κ1) is 14.5. The molecule has 1 fully saturated rings. The Morgan fingerprint density at radius 2 is 2.10 bits per heavy atom. The highest BCUT2D eigenvalue weighted by molar-refractivity contribution is 6.00. The fourth-order valence-electron chi connectivity index (χ4n) is 3.16. The number of aryl methyl sites for hydroxylation is 1. The number of carbonyl (C=O) groups excluding carboxylic acids is 1. The van der Waals surface area contributed by atoms with Crippen LogP contribution in [-0.2, 0) is 0 Å². The number of hydrogen-bond donors (Lipinski definition) is 1. The van der Waals surface area contributed by atoms with Gasteiger partial charge in [0, 0.05) is 32.7 Å². The van der Waals surface area contributed by atoms with Gasteiger partial charge in [0.05, 0.1) is 12.0 Å². The molecule has 0 aromatic heterocycles. The van der Waals surface area contributed by atoms with Crippen molar-refractivity contribution in [2.75, 3.05) is 32.7 Å². The van der Waals surface area contributed by atoms with Crippen molar-refractivity contribution in [3.8, 4) is 5.75 Å². The molecule has 0 aliphatic carbocycles. The van der Waals surface area contributed by atoms with E-state index in [1.54, 1.807) is 0 Å². The van der Waals surface area contributed by atoms with Gasteiger partial charge in [0.15, 0.2) is 5.78 Å². The molecular weight excluding hydrogens is 264 g/mol. The van der Waals surface area contributed by atoms with Gasteiger partial charge in [0.1, 0.15) is 11.4 Å². The molecular formula is C17H24N2O2. The minimum absolute atomic E-state index is 0.211. The lowest BCUT2D eigenvalue weighted by Crippen LogP contribution is -2.47. The summed E-state index contributed by atoms with van der Waals surface area (Å²) in [6.45, 7) is 9.34. The molecule has 1 aromatic rings. The van der Waals surface area contributed by atoms with Gasteiger partial charge in [-0.1, -0.05) is 11.6 Å². The first-order chi connectivity index (χ1) is 10.1. The SMILES string of the molecule is Cc1ccc2c(c1)C(=O)CC(C)(CCN1CCNCC1)O2. The Labute approximate surface area is 126 Å². The second-order valence-electron chi connectivity index (χ2n) is 6.49. The lowest BCUT2D eigenvalue weighted by atomic mass is 9.88. The zero-order valence-corrected chi connectivity index (χ0v) is 12.9. The van der Waals surface area contributed by atoms with Crippen molar-refractivity contribution in [3.63, 3.8) is 0 Å². The molecule has 1 saturated heterocycles. The molecule has 1 N–H and O–H groups in total. The zero-order valence-electron chi connectivity index (χ0n) is 12.9. The van der Waals surface area contributed by atoms with E-state index in [0.29, 0.717) is 6.42 Å². The highest BCUT2D eigenvalue weighted by atomic mass is 16.5. The molecule has 2 aliphatic rings. The molecule has 4 heteroatoms. The topological polar surface area (TPSA) is 41.6 Å². The lowest BCUT2D eigenvalue weighted by Gasteiger charge is -2.37. The molecule has 1 unspecified atom stereocenters. The number of benzene rings is 1. The number of ether oxygens (including phenoxy) is 1. The summed E-state index contributed by atoms with van der Waals surface area (Å²) in [5, 5.41) is 3.36. The van der Waals surface area contributed by atoms with Crippen LogP contribution in [0.15, 0.2) is 18.2 Å². The van der Waals surface area contributed by atoms with E-state index in [1.807, 2.05) is 25.1 Å². The summed E-state index contributed by atoms with van der Waals surface area (Å²) in [5.74, 6) is 0.961. The van der Waals surface area contributed by atoms with Gasteiger partial charge >= 0.3 is 0 Å². The van der Waals surface area contributed by atoms with Crippen molar-refractivity contribution < 1.29 is 9.53 Å². The van der Waals surface area contributed by atoms with Crippen molar-refractivity contribution in [3.05, 3.63) is 29.3 Å². The summed E-state index contributed by atoms with van der Waals surface area (Å²) in [7, 11) is 0. The first-order valence-electron chi connectivity index (χ1n) is 7.82. The number of nitrogens with one attached hydrogen (secondary N) is 1. The van der Waals surface area contributed by atoms with Crippen molar-refractivity contribution in [2.24, 2.45) is 0 Å². The van der Waals surface area contributed by atoms with Gasteiger partial charge in [-0.05, 0) is 32.4 Å². The maximum absolute atomic E-state index is 12.4. The summed E-state index contributed by atoms with van der Waals surface area (Å²) in [6, 6.07) is 5.88. The fourth-order valence-corrected chi connectivity index (χ4v) is 3.16. The average molecular weight is 288 g/mol. The van der Waals surface area contributed by atoms with E-state index in [0.717, 1.165) is 56.0 Å². The van der Waals surface area contributed by atoms with Gasteiger partial charge < -0.3 is 15.0 Å². The van der Waals surface area contributed by atoms with Gasteiger partial charge in [0.25, 0.3) is 0 Å². The molecule has 0 bridgehead atoms. The third-order valence-electron chi connectivity index (χ3n) is 4.49. The number of hydrogen-bond acceptors (Lipinski definition) is 4. The third kappa shape index (κ3) is 3.27. The molecule has 2 aliphatic heterocycles. The van der Waals surface area contributed by atoms with Crippen LogP contribution in [0.5, 0.6) is 5.75 Å². The van der Waals surface area contributed by atoms with E-state index in [-0.39, 0.29) is 11.4 Å². The minimum atomic E-state index is -0.371. The van der Waals surface area contributed by atoms with Gasteiger partial charge in [-0.25, -0.2) is 0 Å². The van der Waals surface area contributed by atoms with Crippen molar-refractivity contribution in [1.29, 1.82) is 0 Å². The van der Waals surface area contributed by atoms with Crippen LogP contribution in [0.25, 0.3) is 0 Å². The maximum Gasteiger partial charge on any atom is 0.170 e. The molecule has 0 radical (unpaired) electrons. The Kier molecular flexibility index (Phi) is 4.00. The van der Waals surface area contributed by atoms with E-state index < -0.39 is 0 Å². The standard InChI is InChI=1S/C17H24N2O2/c1-13-3-4-16-14(11-13)15(20)12-17(2,21-16)5-8-19-9-6-18-7-10-19/h3-4,11,18H,5-10,12H2,1-2H3. The number of Topliss-reactive ketones (excluding diaryl/α,β-unsaturated/α-hetero) is 1. The molecule has 21 heavy (non-hydrogen) atoms. The zero-order chi connectivity index (χ0) is 14.9. The Balaban J connectivity index is 1.68. The van der Waals surface area contributed by atoms with Crippen LogP contribution in [0, 0.1) is 6.92 Å². The van der Waals surface area contributed by atoms with Gasteiger partial charge in [-0.15, -0.1) is 0 Å². The van der Waals surface area contributed by atoms with Crippen molar-refractivity contribution in [2.45, 2.75) is 32.3 Å². The highest BCUT2D eigenvalue weighted by Crippen LogP contribution is 2.35. The number of ketones is 1. The molecule has 1 aromatic carbocycles. The summed E-state index contributed by atoms with van der Waals surface area (Å²) in [5.41, 5.74) is 1.48. The second-order valence-corrected chi connectivity index (χ2v) is 6.49. The van der Waals surface area contributed by atoms with Gasteiger partial charge in [0.2, 0.25) is 0 Å². The largest absolute Gasteiger partial charge is 0.486 e. The predicted molar refractivity (Wildman–Crippen MR) is 83.1 cm³/mol. The predicted octanol–water partition coefficient (Wildman–Crippen LogP) is 2.01. The normalized spacial score (nSPS) is 26.3. The quantitative estimate of drug-likeness (QED) is 0.924. The summed E-state index contributed by atoms with van der Waals surface area (Å²) >= 11 is 0. The van der Waals surface area contributed by atoms with E-state index >= 15 is 0 Å². The van der Waals surface area contributed by atoms with E-state index in [4.69, 9.17) is 4.74 Å². The monoisotopic (exact) mass is 288 g/mol. The Bertz CT molecular complexity index is 538. The first-order valence-corrected chi connectivity index (χ1v) is 7.82. The van der Waals surface area contributed by atoms with Crippen molar-refractivity contribution in [1.82, 2.24) is 10.2 Å². The Hall–Kier alpha value is -1.39. The summed E-state index contributed by atoms with van der Waals surface area (Å²) < 4.78 is 6.17. The number of piperazine rings is 1. The third-order valence-corrected chi connectivity index (χ3v) is 4.49. The van der Waals surface area contributed by atoms with E-state index in [2.05, 4.69) is 17.1 Å². The van der Waals surface area contributed by atoms with Crippen molar-refractivity contribution >= 4 is 5.78 Å². The maximum atomic E-state index is 12.4. The molecule has 114 valence electrons. The molecule has 4 nitrogen and oxygen atoms in total. The Morgan fingerprint density at radius 3 is 2.86 bits per heavy atom. The molecule has 1 atom stereocenters. The number of fused-ring (bicyclic) bond motifs is 1. The fraction of sp³-hybridized carbons (Fsp3) is 0.588. The molecule has 0 spiro atoms. The van der Waals surface area contributed by atoms with Crippen LogP contribution in [0.2, 0.25) is 0 Å². The number of carbonyl (C=O) groups is 1. The van der Waals surface area contributed by atoms with E-state index in [9.17, 15) is 4.79 Å². The smallest absolute Gasteiger partial charge is 0.170 e. The molecule has 0 amide bonds. The van der Waals surface area contributed by atoms with Crippen LogP contribution in [0.3, 0.4) is 0 Å². The van der Waals surface area contributed by atoms with E-state index in [1.165, 1.54) is 0 Å². The van der Waals surface area contributed by atoms with Crippen LogP contribution in [-0.4, -0.2) is 49.0 Å². The number of rotatable bonds is 3. The number of nitrogens with zero attached hydrogens (tertiary/aromatic N) is 1. The average Bonchev–Trinajstić information content (AvgIpc) is 2.47. The molecule has 3 rings (SSSR count). The molecule has 0 saturated carbocycles. The Morgan fingerprint density at radius 1 is 1.33 bits per heavy atom. The van der Waals surface area contributed by atoms with Crippen LogP contribution in [0.4, 0.5) is 0 Å². The minimum Gasteiger partial charge on any atom is -0.486 e. The van der Waals surface area contributed by atoms with Gasteiger partial charge in [-0.2, -0.15) is 0 Å². The van der Waals surface area contributed by atoms with Crippen LogP contribution >= 0.6 is 0 Å². The summed E-state index contributed by atoms with van der Waals surface area (Å²) in [4.78, 5) is 14.8. The summed E-state index contributed by atoms with van der Waals surface area (Å²) in [6.07, 6.45) is 1.38. The highest BCUT2D eigenvalue weighted by Gasteiger charge is 2.36. The molecule has 2 heterocycles. The lowest BCUT2D eigenvalue weighted by molar-refractivity contribution is 0.0387. The van der Waals surface area contributed by atoms with Crippen LogP contribution < -0.4 is 10.1 Å². The second kappa shape index (κ2) is 5.78. The van der Waals surface area contributed by atoms with Gasteiger partial charge in [-0.3, -0.25) is 4.79 Å².